The fourth-order valence-corrected chi connectivity index (χ4v) is 2.56. The lowest BCUT2D eigenvalue weighted by atomic mass is 9.88. The second kappa shape index (κ2) is 8.34. The first kappa shape index (κ1) is 16.2. The molecule has 0 aromatic heterocycles. The van der Waals surface area contributed by atoms with Gasteiger partial charge in [0.1, 0.15) is 0 Å². The Bertz CT molecular complexity index is 376. The van der Waals surface area contributed by atoms with Crippen LogP contribution in [-0.4, -0.2) is 20.3 Å². The molecule has 0 aliphatic rings. The average molecular weight is 263 g/mol. The van der Waals surface area contributed by atoms with E-state index in [9.17, 15) is 0 Å². The van der Waals surface area contributed by atoms with E-state index >= 15 is 0 Å². The molecule has 0 amide bonds. The number of ether oxygens (including phenoxy) is 1. The average Bonchev–Trinajstić information content (AvgIpc) is 2.38. The van der Waals surface area contributed by atoms with Crippen molar-refractivity contribution in [3.05, 3.63) is 34.9 Å². The Kier molecular flexibility index (Phi) is 7.11. The molecular formula is C17H29NO. The molecule has 0 aliphatic heterocycles. The third-order valence-electron chi connectivity index (χ3n) is 3.72. The maximum absolute atomic E-state index is 5.22. The molecule has 0 heterocycles. The minimum Gasteiger partial charge on any atom is -0.385 e. The summed E-state index contributed by atoms with van der Waals surface area (Å²) in [6, 6.07) is 7.20. The molecule has 0 spiro atoms. The summed E-state index contributed by atoms with van der Waals surface area (Å²) in [5, 5.41) is 3.70. The van der Waals surface area contributed by atoms with Crippen LogP contribution in [0.25, 0.3) is 0 Å². The van der Waals surface area contributed by atoms with Gasteiger partial charge >= 0.3 is 0 Å². The van der Waals surface area contributed by atoms with Gasteiger partial charge in [0, 0.05) is 19.8 Å². The van der Waals surface area contributed by atoms with Crippen molar-refractivity contribution in [2.75, 3.05) is 20.3 Å². The van der Waals surface area contributed by atoms with Gasteiger partial charge in [-0.1, -0.05) is 37.6 Å². The number of methoxy groups -OCH3 is 1. The zero-order valence-corrected chi connectivity index (χ0v) is 13.1. The quantitative estimate of drug-likeness (QED) is 0.765. The van der Waals surface area contributed by atoms with E-state index in [2.05, 4.69) is 51.2 Å². The summed E-state index contributed by atoms with van der Waals surface area (Å²) in [7, 11) is 1.78. The monoisotopic (exact) mass is 263 g/mol. The van der Waals surface area contributed by atoms with Crippen molar-refractivity contribution in [3.63, 3.8) is 0 Å². The van der Waals surface area contributed by atoms with Crippen molar-refractivity contribution in [3.8, 4) is 0 Å². The molecule has 19 heavy (non-hydrogen) atoms. The highest BCUT2D eigenvalue weighted by Crippen LogP contribution is 2.27. The minimum absolute atomic E-state index is 0.427. The van der Waals surface area contributed by atoms with E-state index in [0.717, 1.165) is 19.6 Å². The molecule has 2 atom stereocenters. The van der Waals surface area contributed by atoms with E-state index in [1.54, 1.807) is 7.11 Å². The van der Waals surface area contributed by atoms with Crippen molar-refractivity contribution in [2.24, 2.45) is 5.92 Å². The molecular weight excluding hydrogens is 234 g/mol. The van der Waals surface area contributed by atoms with Gasteiger partial charge in [-0.2, -0.15) is 0 Å². The highest BCUT2D eigenvalue weighted by molar-refractivity contribution is 5.33. The lowest BCUT2D eigenvalue weighted by molar-refractivity contribution is 0.170. The van der Waals surface area contributed by atoms with Crippen LogP contribution in [0.5, 0.6) is 0 Å². The van der Waals surface area contributed by atoms with E-state index in [0.29, 0.717) is 12.0 Å². The van der Waals surface area contributed by atoms with Crippen molar-refractivity contribution in [1.29, 1.82) is 0 Å². The molecule has 2 unspecified atom stereocenters. The lowest BCUT2D eigenvalue weighted by Crippen LogP contribution is -2.29. The standard InChI is InChI=1S/C17H29NO/c1-6-10-18-17(14(3)9-11-19-5)16-8-7-13(2)12-15(16)4/h7-8,12,14,17-18H,6,9-11H2,1-5H3. The van der Waals surface area contributed by atoms with Gasteiger partial charge in [-0.3, -0.25) is 0 Å². The van der Waals surface area contributed by atoms with Crippen LogP contribution in [0, 0.1) is 19.8 Å². The van der Waals surface area contributed by atoms with E-state index in [-0.39, 0.29) is 0 Å². The van der Waals surface area contributed by atoms with E-state index in [1.165, 1.54) is 23.1 Å². The van der Waals surface area contributed by atoms with Gasteiger partial charge in [0.15, 0.2) is 0 Å². The van der Waals surface area contributed by atoms with Crippen LogP contribution in [0.15, 0.2) is 18.2 Å². The third kappa shape index (κ3) is 4.96. The Labute approximate surface area is 118 Å². The number of aryl methyl sites for hydroxylation is 2. The van der Waals surface area contributed by atoms with E-state index < -0.39 is 0 Å². The van der Waals surface area contributed by atoms with Gasteiger partial charge in [0.05, 0.1) is 0 Å². The van der Waals surface area contributed by atoms with Gasteiger partial charge < -0.3 is 10.1 Å². The van der Waals surface area contributed by atoms with Crippen molar-refractivity contribution >= 4 is 0 Å². The number of benzene rings is 1. The molecule has 0 bridgehead atoms. The van der Waals surface area contributed by atoms with Crippen LogP contribution in [0.4, 0.5) is 0 Å². The molecule has 0 fully saturated rings. The highest BCUT2D eigenvalue weighted by Gasteiger charge is 2.19. The molecule has 0 saturated carbocycles. The zero-order chi connectivity index (χ0) is 14.3. The summed E-state index contributed by atoms with van der Waals surface area (Å²) >= 11 is 0. The summed E-state index contributed by atoms with van der Waals surface area (Å²) < 4.78 is 5.22. The molecule has 1 aromatic carbocycles. The topological polar surface area (TPSA) is 21.3 Å². The van der Waals surface area contributed by atoms with Gasteiger partial charge in [-0.15, -0.1) is 0 Å². The summed E-state index contributed by atoms with van der Waals surface area (Å²) in [4.78, 5) is 0. The Balaban J connectivity index is 2.88. The van der Waals surface area contributed by atoms with Crippen LogP contribution in [0.1, 0.15) is 49.4 Å². The fraction of sp³-hybridized carbons (Fsp3) is 0.647. The molecule has 2 nitrogen and oxygen atoms in total. The molecule has 1 rings (SSSR count). The number of nitrogens with one attached hydrogen (secondary N) is 1. The Morgan fingerprint density at radius 3 is 2.58 bits per heavy atom. The molecule has 2 heteroatoms. The first-order valence-electron chi connectivity index (χ1n) is 7.39. The SMILES string of the molecule is CCCNC(c1ccc(C)cc1C)C(C)CCOC. The van der Waals surface area contributed by atoms with Gasteiger partial charge in [-0.25, -0.2) is 0 Å². The van der Waals surface area contributed by atoms with Crippen LogP contribution >= 0.6 is 0 Å². The number of hydrogen-bond acceptors (Lipinski definition) is 2. The molecule has 0 aliphatic carbocycles. The van der Waals surface area contributed by atoms with Crippen molar-refractivity contribution in [2.45, 2.75) is 46.6 Å². The molecule has 108 valence electrons. The van der Waals surface area contributed by atoms with Gasteiger partial charge in [0.25, 0.3) is 0 Å². The Hall–Kier alpha value is -0.860. The second-order valence-electron chi connectivity index (χ2n) is 5.55. The largest absolute Gasteiger partial charge is 0.385 e. The second-order valence-corrected chi connectivity index (χ2v) is 5.55. The summed E-state index contributed by atoms with van der Waals surface area (Å²) in [6.45, 7) is 10.8. The zero-order valence-electron chi connectivity index (χ0n) is 13.1. The maximum atomic E-state index is 5.22. The third-order valence-corrected chi connectivity index (χ3v) is 3.72. The van der Waals surface area contributed by atoms with Crippen LogP contribution in [0.2, 0.25) is 0 Å². The number of rotatable bonds is 8. The first-order chi connectivity index (χ1) is 9.10. The number of hydrogen-bond donors (Lipinski definition) is 1. The predicted molar refractivity (Wildman–Crippen MR) is 82.6 cm³/mol. The van der Waals surface area contributed by atoms with Crippen LogP contribution in [-0.2, 0) is 4.74 Å². The fourth-order valence-electron chi connectivity index (χ4n) is 2.56. The van der Waals surface area contributed by atoms with Gasteiger partial charge in [-0.05, 0) is 50.3 Å². The van der Waals surface area contributed by atoms with Gasteiger partial charge in [0.2, 0.25) is 0 Å². The Morgan fingerprint density at radius 2 is 2.00 bits per heavy atom. The van der Waals surface area contributed by atoms with Crippen LogP contribution < -0.4 is 5.32 Å². The van der Waals surface area contributed by atoms with Crippen LogP contribution in [0.3, 0.4) is 0 Å². The molecule has 1 aromatic rings. The van der Waals surface area contributed by atoms with E-state index in [4.69, 9.17) is 4.74 Å². The lowest BCUT2D eigenvalue weighted by Gasteiger charge is -2.27. The van der Waals surface area contributed by atoms with Crippen molar-refractivity contribution in [1.82, 2.24) is 5.32 Å². The smallest absolute Gasteiger partial charge is 0.0465 e. The minimum atomic E-state index is 0.427. The first-order valence-corrected chi connectivity index (χ1v) is 7.39. The normalized spacial score (nSPS) is 14.4. The Morgan fingerprint density at radius 1 is 1.26 bits per heavy atom. The molecule has 0 radical (unpaired) electrons. The summed E-state index contributed by atoms with van der Waals surface area (Å²) in [5.41, 5.74) is 4.15. The summed E-state index contributed by atoms with van der Waals surface area (Å²) in [6.07, 6.45) is 2.25. The van der Waals surface area contributed by atoms with E-state index in [1.807, 2.05) is 0 Å². The predicted octanol–water partition coefficient (Wildman–Crippen LogP) is 4.02. The van der Waals surface area contributed by atoms with Crippen molar-refractivity contribution < 1.29 is 4.74 Å². The molecule has 1 N–H and O–H groups in total. The highest BCUT2D eigenvalue weighted by atomic mass is 16.5. The molecule has 0 saturated heterocycles. The summed E-state index contributed by atoms with van der Waals surface area (Å²) in [5.74, 6) is 0.577. The maximum Gasteiger partial charge on any atom is 0.0465 e.